The van der Waals surface area contributed by atoms with E-state index in [1.807, 2.05) is 12.1 Å². The predicted molar refractivity (Wildman–Crippen MR) is 60.7 cm³/mol. The third kappa shape index (κ3) is 1.44. The van der Waals surface area contributed by atoms with Crippen molar-refractivity contribution in [2.75, 3.05) is 19.7 Å². The topological polar surface area (TPSA) is 21.3 Å². The van der Waals surface area contributed by atoms with Crippen LogP contribution in [0, 0.1) is 0 Å². The first kappa shape index (κ1) is 9.49. The summed E-state index contributed by atoms with van der Waals surface area (Å²) in [6.45, 7) is 2.98. The number of ether oxygens (including phenoxy) is 1. The minimum absolute atomic E-state index is 0.228. The Kier molecular flexibility index (Phi) is 2.15. The maximum atomic E-state index is 6.05. The van der Waals surface area contributed by atoms with Gasteiger partial charge in [0.25, 0.3) is 0 Å². The largest absolute Gasteiger partial charge is 0.492 e. The highest BCUT2D eigenvalue weighted by Gasteiger charge is 2.41. The quantitative estimate of drug-likeness (QED) is 0.729. The second kappa shape index (κ2) is 3.39. The molecule has 0 radical (unpaired) electrons. The summed E-state index contributed by atoms with van der Waals surface area (Å²) in [4.78, 5) is 0. The Morgan fingerprint density at radius 2 is 2.07 bits per heavy atom. The minimum Gasteiger partial charge on any atom is -0.492 e. The molecule has 2 aliphatic rings. The Balaban J connectivity index is 2.05. The molecule has 2 heterocycles. The molecule has 0 saturated carbocycles. The van der Waals surface area contributed by atoms with Crippen LogP contribution in [0.1, 0.15) is 18.4 Å². The van der Waals surface area contributed by atoms with Crippen molar-refractivity contribution in [2.24, 2.45) is 0 Å². The number of hydrogen-bond donors (Lipinski definition) is 1. The number of halogens is 1. The third-order valence-corrected chi connectivity index (χ3v) is 3.81. The van der Waals surface area contributed by atoms with Gasteiger partial charge in [-0.2, -0.15) is 0 Å². The molecule has 3 heteroatoms. The summed E-state index contributed by atoms with van der Waals surface area (Å²) in [5.74, 6) is 1.03. The number of rotatable bonds is 0. The molecule has 1 aromatic carbocycles. The number of benzene rings is 1. The summed E-state index contributed by atoms with van der Waals surface area (Å²) in [7, 11) is 0. The lowest BCUT2D eigenvalue weighted by Crippen LogP contribution is -2.40. The van der Waals surface area contributed by atoms with Gasteiger partial charge in [-0.1, -0.05) is 11.6 Å². The standard InChI is InChI=1S/C12H14ClNO/c13-9-1-2-11-10(7-9)12(8-15-11)3-5-14-6-4-12/h1-2,7,14H,3-6,8H2. The van der Waals surface area contributed by atoms with Gasteiger partial charge < -0.3 is 10.1 Å². The smallest absolute Gasteiger partial charge is 0.123 e. The normalized spacial score (nSPS) is 22.5. The molecule has 2 aliphatic heterocycles. The van der Waals surface area contributed by atoms with Crippen LogP contribution in [0.2, 0.25) is 5.02 Å². The van der Waals surface area contributed by atoms with Gasteiger partial charge >= 0.3 is 0 Å². The van der Waals surface area contributed by atoms with Crippen molar-refractivity contribution in [3.8, 4) is 5.75 Å². The lowest BCUT2D eigenvalue weighted by Gasteiger charge is -2.32. The van der Waals surface area contributed by atoms with E-state index in [2.05, 4.69) is 11.4 Å². The monoisotopic (exact) mass is 223 g/mol. The van der Waals surface area contributed by atoms with Gasteiger partial charge in [-0.25, -0.2) is 0 Å². The maximum Gasteiger partial charge on any atom is 0.123 e. The molecule has 1 N–H and O–H groups in total. The van der Waals surface area contributed by atoms with Gasteiger partial charge in [0.1, 0.15) is 5.75 Å². The molecule has 1 spiro atoms. The van der Waals surface area contributed by atoms with Crippen LogP contribution in [0.25, 0.3) is 0 Å². The van der Waals surface area contributed by atoms with Gasteiger partial charge in [0, 0.05) is 16.0 Å². The van der Waals surface area contributed by atoms with Gasteiger partial charge in [0.05, 0.1) is 6.61 Å². The van der Waals surface area contributed by atoms with E-state index in [1.54, 1.807) is 0 Å². The number of hydrogen-bond acceptors (Lipinski definition) is 2. The van der Waals surface area contributed by atoms with E-state index in [4.69, 9.17) is 16.3 Å². The van der Waals surface area contributed by atoms with Gasteiger partial charge in [0.15, 0.2) is 0 Å². The molecular formula is C12H14ClNO. The van der Waals surface area contributed by atoms with Crippen molar-refractivity contribution >= 4 is 11.6 Å². The van der Waals surface area contributed by atoms with E-state index < -0.39 is 0 Å². The van der Waals surface area contributed by atoms with Crippen molar-refractivity contribution in [1.82, 2.24) is 5.32 Å². The zero-order chi connectivity index (χ0) is 10.3. The molecular weight excluding hydrogens is 210 g/mol. The minimum atomic E-state index is 0.228. The molecule has 0 amide bonds. The summed E-state index contributed by atoms with van der Waals surface area (Å²) in [6.07, 6.45) is 2.31. The van der Waals surface area contributed by atoms with E-state index in [0.717, 1.165) is 43.3 Å². The SMILES string of the molecule is Clc1ccc2c(c1)C1(CCNCC1)CO2. The Labute approximate surface area is 94.6 Å². The molecule has 0 aliphatic carbocycles. The average Bonchev–Trinajstić information content (AvgIpc) is 2.59. The molecule has 0 aromatic heterocycles. The summed E-state index contributed by atoms with van der Waals surface area (Å²) in [5.41, 5.74) is 1.54. The van der Waals surface area contributed by atoms with Crippen LogP contribution in [0.3, 0.4) is 0 Å². The molecule has 3 rings (SSSR count). The zero-order valence-electron chi connectivity index (χ0n) is 8.55. The van der Waals surface area contributed by atoms with Crippen molar-refractivity contribution in [3.05, 3.63) is 28.8 Å². The first-order chi connectivity index (χ1) is 7.30. The van der Waals surface area contributed by atoms with Crippen LogP contribution in [-0.4, -0.2) is 19.7 Å². The lowest BCUT2D eigenvalue weighted by atomic mass is 9.75. The predicted octanol–water partition coefficient (Wildman–Crippen LogP) is 2.35. The summed E-state index contributed by atoms with van der Waals surface area (Å²) >= 11 is 6.05. The molecule has 2 nitrogen and oxygen atoms in total. The fourth-order valence-electron chi connectivity index (χ4n) is 2.66. The Morgan fingerprint density at radius 3 is 2.87 bits per heavy atom. The van der Waals surface area contributed by atoms with Crippen LogP contribution >= 0.6 is 11.6 Å². The van der Waals surface area contributed by atoms with E-state index >= 15 is 0 Å². The van der Waals surface area contributed by atoms with Crippen molar-refractivity contribution in [3.63, 3.8) is 0 Å². The first-order valence-electron chi connectivity index (χ1n) is 5.44. The van der Waals surface area contributed by atoms with Crippen LogP contribution in [0.15, 0.2) is 18.2 Å². The molecule has 0 atom stereocenters. The lowest BCUT2D eigenvalue weighted by molar-refractivity contribution is 0.220. The molecule has 15 heavy (non-hydrogen) atoms. The van der Waals surface area contributed by atoms with E-state index in [0.29, 0.717) is 0 Å². The van der Waals surface area contributed by atoms with Crippen LogP contribution in [0.4, 0.5) is 0 Å². The summed E-state index contributed by atoms with van der Waals surface area (Å²) < 4.78 is 5.76. The van der Waals surface area contributed by atoms with E-state index in [-0.39, 0.29) is 5.41 Å². The summed E-state index contributed by atoms with van der Waals surface area (Å²) in [6, 6.07) is 5.98. The second-order valence-electron chi connectivity index (χ2n) is 4.46. The van der Waals surface area contributed by atoms with E-state index in [1.165, 1.54) is 5.56 Å². The van der Waals surface area contributed by atoms with Gasteiger partial charge in [0.2, 0.25) is 0 Å². The molecule has 0 unspecified atom stereocenters. The maximum absolute atomic E-state index is 6.05. The number of fused-ring (bicyclic) bond motifs is 2. The number of nitrogens with one attached hydrogen (secondary N) is 1. The van der Waals surface area contributed by atoms with Crippen molar-refractivity contribution in [1.29, 1.82) is 0 Å². The highest BCUT2D eigenvalue weighted by Crippen LogP contribution is 2.45. The van der Waals surface area contributed by atoms with Crippen LogP contribution < -0.4 is 10.1 Å². The Morgan fingerprint density at radius 1 is 1.27 bits per heavy atom. The third-order valence-electron chi connectivity index (χ3n) is 3.58. The molecule has 1 aromatic rings. The van der Waals surface area contributed by atoms with Crippen molar-refractivity contribution < 1.29 is 4.74 Å². The zero-order valence-corrected chi connectivity index (χ0v) is 9.31. The van der Waals surface area contributed by atoms with Gasteiger partial charge in [-0.15, -0.1) is 0 Å². The van der Waals surface area contributed by atoms with Gasteiger partial charge in [-0.05, 0) is 44.1 Å². The number of piperidine rings is 1. The Bertz CT molecular complexity index is 380. The second-order valence-corrected chi connectivity index (χ2v) is 4.90. The Hall–Kier alpha value is -0.730. The first-order valence-corrected chi connectivity index (χ1v) is 5.82. The fraction of sp³-hybridized carbons (Fsp3) is 0.500. The molecule has 0 bridgehead atoms. The highest BCUT2D eigenvalue weighted by molar-refractivity contribution is 6.30. The van der Waals surface area contributed by atoms with Gasteiger partial charge in [-0.3, -0.25) is 0 Å². The average molecular weight is 224 g/mol. The van der Waals surface area contributed by atoms with Crippen LogP contribution in [0.5, 0.6) is 5.75 Å². The van der Waals surface area contributed by atoms with E-state index in [9.17, 15) is 0 Å². The molecule has 1 fully saturated rings. The van der Waals surface area contributed by atoms with Crippen LogP contribution in [-0.2, 0) is 5.41 Å². The highest BCUT2D eigenvalue weighted by atomic mass is 35.5. The fourth-order valence-corrected chi connectivity index (χ4v) is 2.83. The summed E-state index contributed by atoms with van der Waals surface area (Å²) in [5, 5.41) is 4.21. The molecule has 80 valence electrons. The molecule has 1 saturated heterocycles. The van der Waals surface area contributed by atoms with Crippen molar-refractivity contribution in [2.45, 2.75) is 18.3 Å².